The van der Waals surface area contributed by atoms with E-state index in [1.807, 2.05) is 24.3 Å². The zero-order valence-electron chi connectivity index (χ0n) is 9.59. The fraction of sp³-hybridized carbons (Fsp3) is 0.143. The first-order chi connectivity index (χ1) is 8.65. The summed E-state index contributed by atoms with van der Waals surface area (Å²) in [6.45, 7) is 1.38. The molecule has 0 atom stereocenters. The van der Waals surface area contributed by atoms with Crippen LogP contribution >= 0.6 is 31.9 Å². The monoisotopic (exact) mass is 371 g/mol. The van der Waals surface area contributed by atoms with Crippen LogP contribution in [0.4, 0.5) is 4.39 Å². The maximum atomic E-state index is 13.2. The number of nitrogens with one attached hydrogen (secondary N) is 1. The Bertz CT molecular complexity index is 523. The predicted octanol–water partition coefficient (Wildman–Crippen LogP) is 4.64. The van der Waals surface area contributed by atoms with Gasteiger partial charge in [0.25, 0.3) is 0 Å². The molecule has 0 aromatic heterocycles. The Labute approximate surface area is 123 Å². The molecule has 2 aromatic carbocycles. The molecule has 0 unspecified atom stereocenters. The molecule has 94 valence electrons. The van der Waals surface area contributed by atoms with Crippen molar-refractivity contribution in [2.45, 2.75) is 13.1 Å². The normalized spacial score (nSPS) is 10.6. The molecule has 0 saturated carbocycles. The van der Waals surface area contributed by atoms with E-state index in [1.54, 1.807) is 0 Å². The van der Waals surface area contributed by atoms with E-state index in [1.165, 1.54) is 17.7 Å². The van der Waals surface area contributed by atoms with Crippen LogP contribution in [0.1, 0.15) is 11.1 Å². The first kappa shape index (κ1) is 13.7. The van der Waals surface area contributed by atoms with E-state index in [0.717, 1.165) is 21.1 Å². The summed E-state index contributed by atoms with van der Waals surface area (Å²) in [5.74, 6) is -0.220. The van der Waals surface area contributed by atoms with E-state index < -0.39 is 0 Å². The number of hydrogen-bond donors (Lipinski definition) is 1. The Balaban J connectivity index is 1.94. The molecule has 0 amide bonds. The summed E-state index contributed by atoms with van der Waals surface area (Å²) in [6, 6.07) is 13.0. The smallest absolute Gasteiger partial charge is 0.124 e. The van der Waals surface area contributed by atoms with Gasteiger partial charge in [0.2, 0.25) is 0 Å². The lowest BCUT2D eigenvalue weighted by Gasteiger charge is -2.07. The number of hydrogen-bond acceptors (Lipinski definition) is 1. The number of halogens is 3. The average Bonchev–Trinajstić information content (AvgIpc) is 2.30. The van der Waals surface area contributed by atoms with Crippen LogP contribution in [-0.4, -0.2) is 0 Å². The van der Waals surface area contributed by atoms with E-state index >= 15 is 0 Å². The molecular weight excluding hydrogens is 361 g/mol. The van der Waals surface area contributed by atoms with Gasteiger partial charge in [-0.3, -0.25) is 0 Å². The van der Waals surface area contributed by atoms with Gasteiger partial charge in [-0.05, 0) is 35.4 Å². The van der Waals surface area contributed by atoms with E-state index in [4.69, 9.17) is 0 Å². The molecule has 4 heteroatoms. The minimum absolute atomic E-state index is 0.220. The van der Waals surface area contributed by atoms with Crippen LogP contribution in [0.5, 0.6) is 0 Å². The highest BCUT2D eigenvalue weighted by molar-refractivity contribution is 9.10. The molecule has 0 fully saturated rings. The molecule has 1 N–H and O–H groups in total. The molecule has 0 saturated heterocycles. The van der Waals surface area contributed by atoms with Crippen LogP contribution in [0.2, 0.25) is 0 Å². The van der Waals surface area contributed by atoms with Gasteiger partial charge >= 0.3 is 0 Å². The fourth-order valence-electron chi connectivity index (χ4n) is 1.70. The van der Waals surface area contributed by atoms with E-state index in [2.05, 4.69) is 43.2 Å². The summed E-state index contributed by atoms with van der Waals surface area (Å²) in [6.07, 6.45) is 0. The largest absolute Gasteiger partial charge is 0.309 e. The lowest BCUT2D eigenvalue weighted by atomic mass is 10.2. The van der Waals surface area contributed by atoms with Gasteiger partial charge in [-0.25, -0.2) is 4.39 Å². The summed E-state index contributed by atoms with van der Waals surface area (Å²) in [7, 11) is 0. The average molecular weight is 373 g/mol. The Morgan fingerprint density at radius 2 is 1.78 bits per heavy atom. The molecule has 2 rings (SSSR count). The summed E-state index contributed by atoms with van der Waals surface area (Å²) in [4.78, 5) is 0. The van der Waals surface area contributed by atoms with E-state index in [-0.39, 0.29) is 5.82 Å². The van der Waals surface area contributed by atoms with Gasteiger partial charge in [0.15, 0.2) is 0 Å². The lowest BCUT2D eigenvalue weighted by Crippen LogP contribution is -2.13. The Morgan fingerprint density at radius 3 is 2.50 bits per heavy atom. The van der Waals surface area contributed by atoms with Crippen LogP contribution in [0.25, 0.3) is 0 Å². The molecule has 0 spiro atoms. The van der Waals surface area contributed by atoms with Gasteiger partial charge in [0.05, 0.1) is 0 Å². The minimum Gasteiger partial charge on any atom is -0.309 e. The standard InChI is InChI=1S/C14H12Br2FN/c15-12-5-10(6-13(17)7-12)8-18-9-11-3-1-2-4-14(11)16/h1-7,18H,8-9H2. The maximum absolute atomic E-state index is 13.2. The first-order valence-corrected chi connectivity index (χ1v) is 7.13. The first-order valence-electron chi connectivity index (χ1n) is 5.54. The Morgan fingerprint density at radius 1 is 1.00 bits per heavy atom. The highest BCUT2D eigenvalue weighted by Gasteiger charge is 2.01. The van der Waals surface area contributed by atoms with Crippen LogP contribution in [0, 0.1) is 5.82 Å². The molecule has 0 aliphatic rings. The van der Waals surface area contributed by atoms with Crippen molar-refractivity contribution in [3.63, 3.8) is 0 Å². The molecule has 0 heterocycles. The minimum atomic E-state index is -0.220. The quantitative estimate of drug-likeness (QED) is 0.824. The van der Waals surface area contributed by atoms with Crippen LogP contribution in [0.15, 0.2) is 51.4 Å². The molecule has 0 aliphatic carbocycles. The highest BCUT2D eigenvalue weighted by Crippen LogP contribution is 2.17. The van der Waals surface area contributed by atoms with Gasteiger partial charge in [-0.1, -0.05) is 50.1 Å². The third kappa shape index (κ3) is 3.90. The van der Waals surface area contributed by atoms with Gasteiger partial charge in [-0.15, -0.1) is 0 Å². The Hall–Kier alpha value is -0.710. The second-order valence-electron chi connectivity index (χ2n) is 3.97. The topological polar surface area (TPSA) is 12.0 Å². The van der Waals surface area contributed by atoms with Crippen LogP contribution in [-0.2, 0) is 13.1 Å². The van der Waals surface area contributed by atoms with Crippen molar-refractivity contribution in [1.29, 1.82) is 0 Å². The summed E-state index contributed by atoms with van der Waals surface area (Å²) >= 11 is 6.78. The summed E-state index contributed by atoms with van der Waals surface area (Å²) in [5.41, 5.74) is 2.11. The molecule has 0 radical (unpaired) electrons. The van der Waals surface area contributed by atoms with Gasteiger partial charge in [0, 0.05) is 22.0 Å². The van der Waals surface area contributed by atoms with Gasteiger partial charge in [-0.2, -0.15) is 0 Å². The zero-order valence-corrected chi connectivity index (χ0v) is 12.8. The third-order valence-electron chi connectivity index (χ3n) is 2.52. The maximum Gasteiger partial charge on any atom is 0.124 e. The van der Waals surface area contributed by atoms with Crippen molar-refractivity contribution < 1.29 is 4.39 Å². The molecule has 2 aromatic rings. The van der Waals surface area contributed by atoms with Gasteiger partial charge in [0.1, 0.15) is 5.82 Å². The van der Waals surface area contributed by atoms with Crippen molar-refractivity contribution in [2.24, 2.45) is 0 Å². The lowest BCUT2D eigenvalue weighted by molar-refractivity contribution is 0.619. The second-order valence-corrected chi connectivity index (χ2v) is 5.74. The molecule has 18 heavy (non-hydrogen) atoms. The molecular formula is C14H12Br2FN. The third-order valence-corrected chi connectivity index (χ3v) is 3.76. The zero-order chi connectivity index (χ0) is 13.0. The Kier molecular flexibility index (Phi) is 4.92. The highest BCUT2D eigenvalue weighted by atomic mass is 79.9. The van der Waals surface area contributed by atoms with Crippen molar-refractivity contribution in [3.05, 3.63) is 68.4 Å². The SMILES string of the molecule is Fc1cc(Br)cc(CNCc2ccccc2Br)c1. The van der Waals surface area contributed by atoms with E-state index in [0.29, 0.717) is 6.54 Å². The molecule has 0 bridgehead atoms. The van der Waals surface area contributed by atoms with Crippen LogP contribution in [0.3, 0.4) is 0 Å². The summed E-state index contributed by atoms with van der Waals surface area (Å²) in [5, 5.41) is 3.30. The fourth-order valence-corrected chi connectivity index (χ4v) is 2.63. The van der Waals surface area contributed by atoms with Crippen molar-refractivity contribution in [2.75, 3.05) is 0 Å². The summed E-state index contributed by atoms with van der Waals surface area (Å²) < 4.78 is 15.0. The van der Waals surface area contributed by atoms with Crippen molar-refractivity contribution >= 4 is 31.9 Å². The molecule has 1 nitrogen and oxygen atoms in total. The number of rotatable bonds is 4. The number of benzene rings is 2. The predicted molar refractivity (Wildman–Crippen MR) is 78.8 cm³/mol. The van der Waals surface area contributed by atoms with Crippen molar-refractivity contribution in [1.82, 2.24) is 5.32 Å². The van der Waals surface area contributed by atoms with Gasteiger partial charge < -0.3 is 5.32 Å². The second kappa shape index (κ2) is 6.45. The van der Waals surface area contributed by atoms with Crippen LogP contribution < -0.4 is 5.32 Å². The van der Waals surface area contributed by atoms with E-state index in [9.17, 15) is 4.39 Å². The van der Waals surface area contributed by atoms with Crippen molar-refractivity contribution in [3.8, 4) is 0 Å². The molecule has 0 aliphatic heterocycles.